The molecule has 0 unspecified atom stereocenters. The molecular formula is C10H11IO. The van der Waals surface area contributed by atoms with Crippen molar-refractivity contribution >= 4 is 28.2 Å². The summed E-state index contributed by atoms with van der Waals surface area (Å²) in [5.74, 6) is 0. The highest BCUT2D eigenvalue weighted by molar-refractivity contribution is 14.1. The molecule has 0 aliphatic heterocycles. The molecule has 1 N–H and O–H groups in total. The molecule has 0 aliphatic rings. The fourth-order valence-electron chi connectivity index (χ4n) is 1.03. The molecule has 1 nitrogen and oxygen atoms in total. The van der Waals surface area contributed by atoms with Crippen LogP contribution in [0.5, 0.6) is 0 Å². The normalized spacial score (nSPS) is 14.4. The van der Waals surface area contributed by atoms with Gasteiger partial charge in [-0.25, -0.2) is 0 Å². The van der Waals surface area contributed by atoms with Crippen LogP contribution in [0.4, 0.5) is 0 Å². The predicted molar refractivity (Wildman–Crippen MR) is 60.1 cm³/mol. The van der Waals surface area contributed by atoms with Gasteiger partial charge in [0.1, 0.15) is 0 Å². The van der Waals surface area contributed by atoms with E-state index in [1.54, 1.807) is 6.92 Å². The monoisotopic (exact) mass is 274 g/mol. The highest BCUT2D eigenvalue weighted by Crippen LogP contribution is 2.19. The first kappa shape index (κ1) is 9.74. The van der Waals surface area contributed by atoms with Crippen LogP contribution >= 0.6 is 22.6 Å². The summed E-state index contributed by atoms with van der Waals surface area (Å²) in [6.45, 7) is 1.78. The minimum absolute atomic E-state index is 0.399. The fraction of sp³-hybridized carbons (Fsp3) is 0.200. The summed E-state index contributed by atoms with van der Waals surface area (Å²) in [6, 6.07) is 9.90. The van der Waals surface area contributed by atoms with Crippen molar-refractivity contribution < 1.29 is 5.11 Å². The van der Waals surface area contributed by atoms with E-state index in [1.165, 1.54) is 0 Å². The van der Waals surface area contributed by atoms with Crippen LogP contribution in [0.2, 0.25) is 0 Å². The average Bonchev–Trinajstić information content (AvgIpc) is 2.07. The molecule has 12 heavy (non-hydrogen) atoms. The molecule has 1 atom stereocenters. The van der Waals surface area contributed by atoms with Crippen LogP contribution in [0.15, 0.2) is 34.4 Å². The van der Waals surface area contributed by atoms with Crippen molar-refractivity contribution in [2.45, 2.75) is 13.0 Å². The second-order valence-electron chi connectivity index (χ2n) is 2.61. The van der Waals surface area contributed by atoms with Crippen LogP contribution in [-0.2, 0) is 0 Å². The lowest BCUT2D eigenvalue weighted by Gasteiger charge is -2.08. The average molecular weight is 274 g/mol. The zero-order valence-corrected chi connectivity index (χ0v) is 9.02. The van der Waals surface area contributed by atoms with Gasteiger partial charge in [0.25, 0.3) is 0 Å². The summed E-state index contributed by atoms with van der Waals surface area (Å²) < 4.78 is 1.91. The van der Waals surface area contributed by atoms with Gasteiger partial charge in [0.05, 0.1) is 6.10 Å². The van der Waals surface area contributed by atoms with Gasteiger partial charge in [0.2, 0.25) is 0 Å². The number of aliphatic hydroxyl groups excluding tert-OH is 1. The molecule has 64 valence electrons. The van der Waals surface area contributed by atoms with Crippen molar-refractivity contribution in [3.8, 4) is 0 Å². The number of rotatable bonds is 2. The van der Waals surface area contributed by atoms with Crippen molar-refractivity contribution in [1.82, 2.24) is 0 Å². The van der Waals surface area contributed by atoms with Crippen molar-refractivity contribution in [1.29, 1.82) is 0 Å². The Morgan fingerprint density at radius 3 is 2.42 bits per heavy atom. The van der Waals surface area contributed by atoms with Crippen LogP contribution in [-0.4, -0.2) is 11.2 Å². The molecule has 0 amide bonds. The Bertz CT molecular complexity index is 264. The van der Waals surface area contributed by atoms with E-state index in [-0.39, 0.29) is 0 Å². The number of benzene rings is 1. The standard InChI is InChI=1S/C10H11IO/c1-8(12)10(7-11)9-5-3-2-4-6-9/h2-8,12H,1H3/b10-7-/t8-/m0/s1. The Kier molecular flexibility index (Phi) is 3.75. The molecule has 0 fully saturated rings. The van der Waals surface area contributed by atoms with Gasteiger partial charge in [-0.05, 0) is 22.1 Å². The number of hydrogen-bond acceptors (Lipinski definition) is 1. The van der Waals surface area contributed by atoms with E-state index in [0.29, 0.717) is 0 Å². The summed E-state index contributed by atoms with van der Waals surface area (Å²) >= 11 is 2.15. The lowest BCUT2D eigenvalue weighted by atomic mass is 10.0. The van der Waals surface area contributed by atoms with E-state index in [2.05, 4.69) is 22.6 Å². The maximum Gasteiger partial charge on any atom is 0.0772 e. The highest BCUT2D eigenvalue weighted by Gasteiger charge is 2.05. The van der Waals surface area contributed by atoms with Crippen molar-refractivity contribution in [3.63, 3.8) is 0 Å². The Morgan fingerprint density at radius 1 is 1.42 bits per heavy atom. The first-order valence-corrected chi connectivity index (χ1v) is 5.04. The van der Waals surface area contributed by atoms with Gasteiger partial charge in [0, 0.05) is 0 Å². The van der Waals surface area contributed by atoms with Gasteiger partial charge in [-0.15, -0.1) is 0 Å². The fourth-order valence-corrected chi connectivity index (χ4v) is 1.91. The minimum Gasteiger partial charge on any atom is -0.389 e. The molecule has 1 aromatic rings. The van der Waals surface area contributed by atoms with E-state index in [1.807, 2.05) is 34.4 Å². The third-order valence-electron chi connectivity index (χ3n) is 1.67. The van der Waals surface area contributed by atoms with Crippen LogP contribution in [0, 0.1) is 0 Å². The van der Waals surface area contributed by atoms with Gasteiger partial charge in [0.15, 0.2) is 0 Å². The number of aliphatic hydroxyl groups is 1. The van der Waals surface area contributed by atoms with E-state index >= 15 is 0 Å². The molecule has 0 bridgehead atoms. The maximum atomic E-state index is 9.39. The molecule has 1 rings (SSSR count). The lowest BCUT2D eigenvalue weighted by molar-refractivity contribution is 0.253. The molecule has 0 aliphatic carbocycles. The largest absolute Gasteiger partial charge is 0.389 e. The second-order valence-corrected chi connectivity index (χ2v) is 3.23. The first-order valence-electron chi connectivity index (χ1n) is 3.79. The Labute approximate surface area is 86.3 Å². The van der Waals surface area contributed by atoms with Crippen molar-refractivity contribution in [2.24, 2.45) is 0 Å². The van der Waals surface area contributed by atoms with E-state index < -0.39 is 6.10 Å². The molecule has 0 saturated carbocycles. The van der Waals surface area contributed by atoms with Gasteiger partial charge >= 0.3 is 0 Å². The Morgan fingerprint density at radius 2 is 2.00 bits per heavy atom. The maximum absolute atomic E-state index is 9.39. The molecule has 0 radical (unpaired) electrons. The first-order chi connectivity index (χ1) is 5.75. The molecule has 0 spiro atoms. The zero-order chi connectivity index (χ0) is 8.97. The minimum atomic E-state index is -0.399. The summed E-state index contributed by atoms with van der Waals surface area (Å²) in [5, 5.41) is 9.39. The van der Waals surface area contributed by atoms with Crippen molar-refractivity contribution in [2.75, 3.05) is 0 Å². The predicted octanol–water partition coefficient (Wildman–Crippen LogP) is 2.84. The molecular weight excluding hydrogens is 263 g/mol. The topological polar surface area (TPSA) is 20.2 Å². The zero-order valence-electron chi connectivity index (χ0n) is 6.87. The Hall–Kier alpha value is -0.350. The van der Waals surface area contributed by atoms with Gasteiger partial charge in [-0.2, -0.15) is 0 Å². The molecule has 0 aromatic heterocycles. The number of halogens is 1. The quantitative estimate of drug-likeness (QED) is 0.822. The smallest absolute Gasteiger partial charge is 0.0772 e. The van der Waals surface area contributed by atoms with Crippen LogP contribution in [0.25, 0.3) is 5.57 Å². The second kappa shape index (κ2) is 4.62. The van der Waals surface area contributed by atoms with Crippen LogP contribution in [0.1, 0.15) is 12.5 Å². The van der Waals surface area contributed by atoms with E-state index in [0.717, 1.165) is 11.1 Å². The SMILES string of the molecule is C[C@H](O)/C(=C/I)c1ccccc1. The van der Waals surface area contributed by atoms with Crippen molar-refractivity contribution in [3.05, 3.63) is 40.0 Å². The third kappa shape index (κ3) is 2.32. The highest BCUT2D eigenvalue weighted by atomic mass is 127. The van der Waals surface area contributed by atoms with E-state index in [4.69, 9.17) is 0 Å². The molecule has 1 aromatic carbocycles. The number of hydrogen-bond donors (Lipinski definition) is 1. The summed E-state index contributed by atoms with van der Waals surface area (Å²) in [5.41, 5.74) is 2.05. The Balaban J connectivity index is 2.97. The van der Waals surface area contributed by atoms with Gasteiger partial charge < -0.3 is 5.11 Å². The van der Waals surface area contributed by atoms with Gasteiger partial charge in [-0.3, -0.25) is 0 Å². The molecule has 2 heteroatoms. The van der Waals surface area contributed by atoms with Gasteiger partial charge in [-0.1, -0.05) is 52.9 Å². The summed E-state index contributed by atoms with van der Waals surface area (Å²) in [4.78, 5) is 0. The summed E-state index contributed by atoms with van der Waals surface area (Å²) in [6.07, 6.45) is -0.399. The lowest BCUT2D eigenvalue weighted by Crippen LogP contribution is -2.02. The van der Waals surface area contributed by atoms with Crippen LogP contribution < -0.4 is 0 Å². The summed E-state index contributed by atoms with van der Waals surface area (Å²) in [7, 11) is 0. The molecule has 0 heterocycles. The van der Waals surface area contributed by atoms with E-state index in [9.17, 15) is 5.11 Å². The molecule has 0 saturated heterocycles. The van der Waals surface area contributed by atoms with Crippen LogP contribution in [0.3, 0.4) is 0 Å². The third-order valence-corrected chi connectivity index (χ3v) is 2.35.